The first-order chi connectivity index (χ1) is 28.3. The Bertz CT molecular complexity index is 3610. The lowest BCUT2D eigenvalue weighted by molar-refractivity contribution is 0.666. The van der Waals surface area contributed by atoms with E-state index < -0.39 is 0 Å². The first kappa shape index (κ1) is 32.2. The van der Waals surface area contributed by atoms with E-state index in [0.29, 0.717) is 0 Å². The lowest BCUT2D eigenvalue weighted by Crippen LogP contribution is -2.15. The van der Waals surface area contributed by atoms with Gasteiger partial charge in [-0.15, -0.1) is 0 Å². The predicted molar refractivity (Wildman–Crippen MR) is 245 cm³/mol. The molecule has 2 heterocycles. The average molecular weight is 741 g/mol. The molecule has 0 unspecified atom stereocenters. The zero-order chi connectivity index (χ0) is 38.7. The van der Waals surface area contributed by atoms with Crippen molar-refractivity contribution in [3.05, 3.63) is 192 Å². The maximum atomic E-state index is 2.51. The molecule has 0 spiro atoms. The van der Waals surface area contributed by atoms with Crippen molar-refractivity contribution < 1.29 is 0 Å². The van der Waals surface area contributed by atoms with Gasteiger partial charge in [-0.05, 0) is 127 Å². The Morgan fingerprint density at radius 3 is 1.41 bits per heavy atom. The van der Waals surface area contributed by atoms with Crippen LogP contribution in [-0.2, 0) is 10.8 Å². The molecule has 0 radical (unpaired) electrons. The minimum absolute atomic E-state index is 0.102. The van der Waals surface area contributed by atoms with Crippen LogP contribution in [0.1, 0.15) is 49.9 Å². The fraction of sp³-hybridized carbons (Fsp3) is 0.107. The van der Waals surface area contributed by atoms with Crippen molar-refractivity contribution in [3.8, 4) is 33.6 Å². The molecule has 58 heavy (non-hydrogen) atoms. The number of hydrogen-bond donors (Lipinski definition) is 0. The van der Waals surface area contributed by atoms with Gasteiger partial charge in [0.25, 0.3) is 0 Å². The molecule has 274 valence electrons. The van der Waals surface area contributed by atoms with Gasteiger partial charge >= 0.3 is 0 Å². The summed E-state index contributed by atoms with van der Waals surface area (Å²) in [4.78, 5) is 0. The molecule has 0 bridgehead atoms. The molecule has 2 nitrogen and oxygen atoms in total. The maximum absolute atomic E-state index is 2.51. The summed E-state index contributed by atoms with van der Waals surface area (Å²) in [6.07, 6.45) is 0. The van der Waals surface area contributed by atoms with Crippen LogP contribution in [0.3, 0.4) is 0 Å². The van der Waals surface area contributed by atoms with Gasteiger partial charge in [-0.2, -0.15) is 0 Å². The van der Waals surface area contributed by atoms with Crippen LogP contribution in [0, 0.1) is 0 Å². The van der Waals surface area contributed by atoms with Gasteiger partial charge in [-0.1, -0.05) is 137 Å². The second-order valence-corrected chi connectivity index (χ2v) is 17.7. The number of aromatic nitrogens is 2. The molecular weight excluding hydrogens is 701 g/mol. The van der Waals surface area contributed by atoms with Gasteiger partial charge in [0.1, 0.15) is 0 Å². The van der Waals surface area contributed by atoms with Crippen LogP contribution in [0.15, 0.2) is 170 Å². The van der Waals surface area contributed by atoms with Crippen molar-refractivity contribution >= 4 is 65.2 Å². The summed E-state index contributed by atoms with van der Waals surface area (Å²) >= 11 is 0. The van der Waals surface area contributed by atoms with E-state index in [1.807, 2.05) is 0 Å². The van der Waals surface area contributed by atoms with E-state index in [-0.39, 0.29) is 10.8 Å². The van der Waals surface area contributed by atoms with Crippen molar-refractivity contribution in [2.45, 2.75) is 38.5 Å². The molecule has 2 aromatic heterocycles. The van der Waals surface area contributed by atoms with Gasteiger partial charge in [-0.3, -0.25) is 0 Å². The SMILES string of the molecule is CC1(C)c2ccccc2-c2ccc3cc4c5ccccc5n(-c5ccc6c(c5)c5cc7ccc8c(c7cc5n6-c5ccccc5)C(C)(C)c5ccccc5-8)c4cc3c21. The van der Waals surface area contributed by atoms with E-state index in [1.54, 1.807) is 0 Å². The van der Waals surface area contributed by atoms with Crippen molar-refractivity contribution in [1.29, 1.82) is 0 Å². The van der Waals surface area contributed by atoms with Crippen LogP contribution in [0.25, 0.3) is 98.8 Å². The maximum Gasteiger partial charge on any atom is 0.0547 e. The Morgan fingerprint density at radius 2 is 0.793 bits per heavy atom. The molecule has 0 amide bonds. The molecule has 0 aliphatic heterocycles. The van der Waals surface area contributed by atoms with Gasteiger partial charge in [0.2, 0.25) is 0 Å². The molecule has 13 rings (SSSR count). The quantitative estimate of drug-likeness (QED) is 0.167. The van der Waals surface area contributed by atoms with Crippen LogP contribution in [0.5, 0.6) is 0 Å². The largest absolute Gasteiger partial charge is 0.309 e. The zero-order valence-electron chi connectivity index (χ0n) is 33.1. The minimum Gasteiger partial charge on any atom is -0.309 e. The average Bonchev–Trinajstić information content (AvgIpc) is 3.90. The monoisotopic (exact) mass is 740 g/mol. The molecule has 11 aromatic rings. The Labute approximate surface area is 337 Å². The second-order valence-electron chi connectivity index (χ2n) is 17.7. The summed E-state index contributed by atoms with van der Waals surface area (Å²) in [5.74, 6) is 0. The van der Waals surface area contributed by atoms with Crippen LogP contribution >= 0.6 is 0 Å². The zero-order valence-corrected chi connectivity index (χ0v) is 33.1. The molecule has 9 aromatic carbocycles. The lowest BCUT2D eigenvalue weighted by Gasteiger charge is -2.23. The smallest absolute Gasteiger partial charge is 0.0547 e. The Kier molecular flexibility index (Phi) is 6.07. The number of nitrogens with zero attached hydrogens (tertiary/aromatic N) is 2. The third-order valence-corrected chi connectivity index (χ3v) is 14.0. The number of para-hydroxylation sites is 2. The summed E-state index contributed by atoms with van der Waals surface area (Å²) in [5, 5.41) is 10.3. The highest BCUT2D eigenvalue weighted by molar-refractivity contribution is 6.18. The highest BCUT2D eigenvalue weighted by atomic mass is 15.0. The fourth-order valence-electron chi connectivity index (χ4n) is 11.5. The van der Waals surface area contributed by atoms with Crippen LogP contribution in [-0.4, -0.2) is 9.13 Å². The van der Waals surface area contributed by atoms with Crippen LogP contribution in [0.2, 0.25) is 0 Å². The third-order valence-electron chi connectivity index (χ3n) is 14.0. The molecule has 2 aliphatic carbocycles. The predicted octanol–water partition coefficient (Wildman–Crippen LogP) is 14.8. The fourth-order valence-corrected chi connectivity index (χ4v) is 11.5. The summed E-state index contributed by atoms with van der Waals surface area (Å²) in [6.45, 7) is 9.57. The Morgan fingerprint density at radius 1 is 0.310 bits per heavy atom. The number of benzene rings is 9. The number of fused-ring (bicyclic) bond motifs is 16. The van der Waals surface area contributed by atoms with E-state index in [4.69, 9.17) is 0 Å². The van der Waals surface area contributed by atoms with E-state index in [2.05, 4.69) is 207 Å². The lowest BCUT2D eigenvalue weighted by atomic mass is 9.80. The van der Waals surface area contributed by atoms with E-state index in [9.17, 15) is 0 Å². The highest BCUT2D eigenvalue weighted by Gasteiger charge is 2.38. The summed E-state index contributed by atoms with van der Waals surface area (Å²) in [7, 11) is 0. The summed E-state index contributed by atoms with van der Waals surface area (Å²) in [6, 6.07) is 64.1. The van der Waals surface area contributed by atoms with Crippen molar-refractivity contribution in [3.63, 3.8) is 0 Å². The highest BCUT2D eigenvalue weighted by Crippen LogP contribution is 2.54. The van der Waals surface area contributed by atoms with Crippen LogP contribution < -0.4 is 0 Å². The van der Waals surface area contributed by atoms with E-state index >= 15 is 0 Å². The standard InChI is InChI=1S/C56H40N2/c1-55(2)47-19-11-8-16-37(47)40-25-22-33-28-44-39-18-10-13-21-49(39)58(51(44)31-42(33)53(40)55)36-24-27-50-46(30-36)45-29-34-23-26-41-38-17-9-12-20-48(38)56(3,4)54(41)43(34)32-52(45)57(50)35-14-6-5-7-15-35/h5-32H,1-4H3. The Hall–Kier alpha value is -6.90. The van der Waals surface area contributed by atoms with Crippen molar-refractivity contribution in [2.24, 2.45) is 0 Å². The molecule has 0 atom stereocenters. The topological polar surface area (TPSA) is 9.86 Å². The molecule has 0 fully saturated rings. The third kappa shape index (κ3) is 3.97. The molecule has 0 saturated heterocycles. The normalized spacial score (nSPS) is 14.8. The first-order valence-electron chi connectivity index (χ1n) is 20.6. The minimum atomic E-state index is -0.102. The molecular formula is C56H40N2. The van der Waals surface area contributed by atoms with Crippen LogP contribution in [0.4, 0.5) is 0 Å². The number of rotatable bonds is 2. The van der Waals surface area contributed by atoms with Gasteiger partial charge < -0.3 is 9.13 Å². The van der Waals surface area contributed by atoms with Crippen molar-refractivity contribution in [1.82, 2.24) is 9.13 Å². The van der Waals surface area contributed by atoms with E-state index in [0.717, 1.165) is 0 Å². The molecule has 0 saturated carbocycles. The molecule has 2 aliphatic rings. The van der Waals surface area contributed by atoms with Gasteiger partial charge in [0.05, 0.1) is 22.1 Å². The van der Waals surface area contributed by atoms with Gasteiger partial charge in [0.15, 0.2) is 0 Å². The van der Waals surface area contributed by atoms with E-state index in [1.165, 1.54) is 121 Å². The number of hydrogen-bond acceptors (Lipinski definition) is 0. The first-order valence-corrected chi connectivity index (χ1v) is 20.6. The summed E-state index contributed by atoms with van der Waals surface area (Å²) < 4.78 is 4.99. The van der Waals surface area contributed by atoms with Gasteiger partial charge in [0, 0.05) is 43.7 Å². The molecule has 0 N–H and O–H groups in total. The summed E-state index contributed by atoms with van der Waals surface area (Å²) in [5.41, 5.74) is 18.1. The van der Waals surface area contributed by atoms with Crippen molar-refractivity contribution in [2.75, 3.05) is 0 Å². The Balaban J connectivity index is 1.10. The molecule has 2 heteroatoms. The van der Waals surface area contributed by atoms with Gasteiger partial charge in [-0.25, -0.2) is 0 Å². The second kappa shape index (κ2) is 10.9.